The molecule has 2 aromatic heterocycles. The van der Waals surface area contributed by atoms with Gasteiger partial charge in [-0.1, -0.05) is 22.7 Å². The highest BCUT2D eigenvalue weighted by Gasteiger charge is 2.19. The van der Waals surface area contributed by atoms with Crippen LogP contribution in [0.4, 0.5) is 10.3 Å². The zero-order chi connectivity index (χ0) is 20.5. The van der Waals surface area contributed by atoms with E-state index in [9.17, 15) is 9.59 Å². The number of amides is 2. The van der Waals surface area contributed by atoms with Gasteiger partial charge in [-0.25, -0.2) is 9.97 Å². The maximum Gasteiger partial charge on any atom is 0.241 e. The quantitative estimate of drug-likeness (QED) is 0.608. The topological polar surface area (TPSA) is 90.5 Å². The van der Waals surface area contributed by atoms with E-state index in [1.807, 2.05) is 15.9 Å². The van der Waals surface area contributed by atoms with Gasteiger partial charge in [-0.05, 0) is 37.8 Å². The van der Waals surface area contributed by atoms with Crippen molar-refractivity contribution in [2.24, 2.45) is 0 Å². The minimum atomic E-state index is 0.133. The van der Waals surface area contributed by atoms with Crippen LogP contribution in [0.1, 0.15) is 25.7 Å². The van der Waals surface area contributed by atoms with Crippen LogP contribution in [0.15, 0.2) is 12.1 Å². The fourth-order valence-corrected chi connectivity index (χ4v) is 5.80. The highest BCUT2D eigenvalue weighted by molar-refractivity contribution is 7.24. The summed E-state index contributed by atoms with van der Waals surface area (Å²) < 4.78 is 2.11. The lowest BCUT2D eigenvalue weighted by Crippen LogP contribution is -2.32. The zero-order valence-corrected chi connectivity index (χ0v) is 18.3. The number of nitrogens with one attached hydrogen (secondary N) is 2. The zero-order valence-electron chi connectivity index (χ0n) is 16.6. The maximum absolute atomic E-state index is 12.2. The number of carbonyl (C=O) groups excluding carboxylic acids is 2. The smallest absolute Gasteiger partial charge is 0.241 e. The van der Waals surface area contributed by atoms with E-state index in [-0.39, 0.29) is 24.9 Å². The number of likely N-dealkylation sites (tertiary alicyclic amines) is 2. The predicted octanol–water partition coefficient (Wildman–Crippen LogP) is 2.97. The Balaban J connectivity index is 1.24. The van der Waals surface area contributed by atoms with Crippen molar-refractivity contribution in [2.75, 3.05) is 49.9 Å². The van der Waals surface area contributed by atoms with Crippen molar-refractivity contribution >= 4 is 65.2 Å². The Kier molecular flexibility index (Phi) is 5.43. The molecule has 0 unspecified atom stereocenters. The van der Waals surface area contributed by atoms with Crippen LogP contribution in [0.2, 0.25) is 0 Å². The van der Waals surface area contributed by atoms with Gasteiger partial charge in [0.2, 0.25) is 11.8 Å². The molecule has 5 rings (SSSR count). The Morgan fingerprint density at radius 3 is 1.63 bits per heavy atom. The molecule has 2 N–H and O–H groups in total. The summed E-state index contributed by atoms with van der Waals surface area (Å²) in [5.74, 6) is 0.266. The number of rotatable bonds is 6. The predicted molar refractivity (Wildman–Crippen MR) is 121 cm³/mol. The molecule has 30 heavy (non-hydrogen) atoms. The SMILES string of the molecule is O=C(CNc1nc2cc3nc(NCC(=O)N4CCCC4)sc3cc2s1)N1CCCC1. The van der Waals surface area contributed by atoms with Gasteiger partial charge in [0, 0.05) is 26.2 Å². The van der Waals surface area contributed by atoms with E-state index in [4.69, 9.17) is 0 Å². The van der Waals surface area contributed by atoms with Gasteiger partial charge in [-0.2, -0.15) is 0 Å². The number of thiazole rings is 2. The van der Waals surface area contributed by atoms with Gasteiger partial charge in [-0.15, -0.1) is 0 Å². The first-order chi connectivity index (χ1) is 14.7. The van der Waals surface area contributed by atoms with Crippen LogP contribution >= 0.6 is 22.7 Å². The van der Waals surface area contributed by atoms with Gasteiger partial charge >= 0.3 is 0 Å². The van der Waals surface area contributed by atoms with E-state index in [1.165, 1.54) is 0 Å². The third kappa shape index (κ3) is 4.06. The van der Waals surface area contributed by atoms with Crippen LogP contribution in [0.25, 0.3) is 20.4 Å². The third-order valence-corrected chi connectivity index (χ3v) is 7.55. The number of hydrogen-bond acceptors (Lipinski definition) is 8. The fourth-order valence-electron chi connectivity index (χ4n) is 3.96. The molecule has 3 aromatic rings. The molecule has 2 fully saturated rings. The van der Waals surface area contributed by atoms with Gasteiger partial charge in [0.25, 0.3) is 0 Å². The number of benzene rings is 1. The van der Waals surface area contributed by atoms with E-state index in [0.717, 1.165) is 82.6 Å². The summed E-state index contributed by atoms with van der Waals surface area (Å²) in [6, 6.07) is 4.06. The largest absolute Gasteiger partial charge is 0.352 e. The molecule has 2 amide bonds. The Hall–Kier alpha value is -2.46. The van der Waals surface area contributed by atoms with Crippen molar-refractivity contribution in [1.29, 1.82) is 0 Å². The molecule has 1 aromatic carbocycles. The summed E-state index contributed by atoms with van der Waals surface area (Å²) >= 11 is 3.09. The molecule has 158 valence electrons. The van der Waals surface area contributed by atoms with E-state index < -0.39 is 0 Å². The number of anilines is 2. The van der Waals surface area contributed by atoms with Crippen LogP contribution < -0.4 is 10.6 Å². The highest BCUT2D eigenvalue weighted by atomic mass is 32.1. The first-order valence-electron chi connectivity index (χ1n) is 10.4. The minimum Gasteiger partial charge on any atom is -0.352 e. The van der Waals surface area contributed by atoms with Crippen LogP contribution in [0, 0.1) is 0 Å². The molecule has 10 heteroatoms. The number of fused-ring (bicyclic) bond motifs is 2. The van der Waals surface area contributed by atoms with Crippen molar-refractivity contribution in [3.8, 4) is 0 Å². The van der Waals surface area contributed by atoms with Gasteiger partial charge in [-0.3, -0.25) is 9.59 Å². The average molecular weight is 445 g/mol. The van der Waals surface area contributed by atoms with Gasteiger partial charge in [0.1, 0.15) is 0 Å². The molecular weight excluding hydrogens is 420 g/mol. The normalized spacial score (nSPS) is 16.7. The summed E-state index contributed by atoms with van der Waals surface area (Å²) in [5, 5.41) is 7.85. The number of hydrogen-bond donors (Lipinski definition) is 2. The van der Waals surface area contributed by atoms with Crippen molar-refractivity contribution < 1.29 is 9.59 Å². The van der Waals surface area contributed by atoms with Crippen molar-refractivity contribution in [2.45, 2.75) is 25.7 Å². The average Bonchev–Trinajstić information content (AvgIpc) is 3.53. The van der Waals surface area contributed by atoms with Crippen LogP contribution in [-0.4, -0.2) is 70.9 Å². The lowest BCUT2D eigenvalue weighted by Gasteiger charge is -2.14. The molecule has 0 aliphatic carbocycles. The molecule has 2 saturated heterocycles. The lowest BCUT2D eigenvalue weighted by atomic mass is 10.3. The minimum absolute atomic E-state index is 0.133. The molecular formula is C20H24N6O2S2. The van der Waals surface area contributed by atoms with Crippen LogP contribution in [0.5, 0.6) is 0 Å². The van der Waals surface area contributed by atoms with E-state index in [1.54, 1.807) is 22.7 Å². The van der Waals surface area contributed by atoms with Crippen molar-refractivity contribution in [3.05, 3.63) is 12.1 Å². The van der Waals surface area contributed by atoms with Gasteiger partial charge in [0.15, 0.2) is 10.3 Å². The van der Waals surface area contributed by atoms with Crippen LogP contribution in [-0.2, 0) is 9.59 Å². The maximum atomic E-state index is 12.2. The Morgan fingerprint density at radius 1 is 0.767 bits per heavy atom. The standard InChI is InChI=1S/C20H24N6O2S2/c27-17(25-5-1-2-6-25)11-21-19-23-13-9-14-16(10-15(13)29-19)30-20(24-14)22-12-18(28)26-7-3-4-8-26/h9-10H,1-8,11-12H2,(H,21,23)(H,22,24). The number of nitrogens with zero attached hydrogens (tertiary/aromatic N) is 4. The second-order valence-electron chi connectivity index (χ2n) is 7.71. The third-order valence-electron chi connectivity index (χ3n) is 5.60. The Labute approximate surface area is 182 Å². The summed E-state index contributed by atoms with van der Waals surface area (Å²) in [5.41, 5.74) is 1.74. The van der Waals surface area contributed by atoms with E-state index in [2.05, 4.69) is 26.7 Å². The van der Waals surface area contributed by atoms with Gasteiger partial charge in [0.05, 0.1) is 33.5 Å². The van der Waals surface area contributed by atoms with Crippen molar-refractivity contribution in [1.82, 2.24) is 19.8 Å². The highest BCUT2D eigenvalue weighted by Crippen LogP contribution is 2.34. The first-order valence-corrected chi connectivity index (χ1v) is 12.0. The molecule has 0 bridgehead atoms. The fraction of sp³-hybridized carbons (Fsp3) is 0.500. The molecule has 0 saturated carbocycles. The second-order valence-corrected chi connectivity index (χ2v) is 9.77. The Bertz CT molecular complexity index is 949. The summed E-state index contributed by atoms with van der Waals surface area (Å²) in [6.45, 7) is 4.02. The number of aromatic nitrogens is 2. The molecule has 0 atom stereocenters. The molecule has 0 radical (unpaired) electrons. The molecule has 2 aliphatic heterocycles. The molecule has 0 spiro atoms. The summed E-state index contributed by atoms with van der Waals surface area (Å²) in [4.78, 5) is 37.5. The van der Waals surface area contributed by atoms with E-state index >= 15 is 0 Å². The molecule has 8 nitrogen and oxygen atoms in total. The molecule has 4 heterocycles. The Morgan fingerprint density at radius 2 is 1.20 bits per heavy atom. The second kappa shape index (κ2) is 8.35. The monoisotopic (exact) mass is 444 g/mol. The first kappa shape index (κ1) is 19.5. The van der Waals surface area contributed by atoms with Gasteiger partial charge < -0.3 is 20.4 Å². The number of carbonyl (C=O) groups is 2. The summed E-state index contributed by atoms with van der Waals surface area (Å²) in [7, 11) is 0. The van der Waals surface area contributed by atoms with Crippen LogP contribution in [0.3, 0.4) is 0 Å². The summed E-state index contributed by atoms with van der Waals surface area (Å²) in [6.07, 6.45) is 4.39. The van der Waals surface area contributed by atoms with E-state index in [0.29, 0.717) is 0 Å². The lowest BCUT2D eigenvalue weighted by molar-refractivity contribution is -0.129. The van der Waals surface area contributed by atoms with Crippen molar-refractivity contribution in [3.63, 3.8) is 0 Å². The molecule has 2 aliphatic rings.